The second-order valence-corrected chi connectivity index (χ2v) is 14.7. The highest BCUT2D eigenvalue weighted by Crippen LogP contribution is 2.28. The third-order valence-electron chi connectivity index (χ3n) is 9.07. The molecular formula is C45H46N4O7. The lowest BCUT2D eigenvalue weighted by molar-refractivity contribution is -0.155. The molecule has 288 valence electrons. The van der Waals surface area contributed by atoms with Gasteiger partial charge in [0.25, 0.3) is 11.8 Å². The smallest absolute Gasteiger partial charge is 0.326 e. The minimum absolute atomic E-state index is 0.0569. The molecule has 1 unspecified atom stereocenters. The van der Waals surface area contributed by atoms with E-state index in [-0.39, 0.29) is 31.3 Å². The van der Waals surface area contributed by atoms with Crippen molar-refractivity contribution in [3.8, 4) is 34.3 Å². The number of anilines is 1. The molecule has 11 heteroatoms. The summed E-state index contributed by atoms with van der Waals surface area (Å²) in [4.78, 5) is 45.8. The van der Waals surface area contributed by atoms with E-state index in [0.29, 0.717) is 51.5 Å². The molecule has 0 fully saturated rings. The fraction of sp³-hybridized carbons (Fsp3) is 0.267. The standard InChI is InChI=1S/C45H46N4O7/c1-29-7-11-31(12-8-29)32-15-17-33(18-16-32)42-47-43(56-48-42)34-13-9-30(10-14-34)27-49(28-41(51)55-45(2,3)4)44(52)35-19-21-37(22-20-35)46-40(50)26-36-25-38(53-5)23-24-39(36)54-6/h7,9-25,29H,8,26-28H2,1-6H3,(H,46,50). The van der Waals surface area contributed by atoms with Gasteiger partial charge in [-0.2, -0.15) is 4.98 Å². The van der Waals surface area contributed by atoms with Gasteiger partial charge in [0.15, 0.2) is 0 Å². The van der Waals surface area contributed by atoms with Crippen LogP contribution in [0.3, 0.4) is 0 Å². The summed E-state index contributed by atoms with van der Waals surface area (Å²) in [5, 5.41) is 7.07. The lowest BCUT2D eigenvalue weighted by atomic mass is 9.94. The third-order valence-corrected chi connectivity index (χ3v) is 9.07. The van der Waals surface area contributed by atoms with Crippen LogP contribution >= 0.6 is 0 Å². The number of rotatable bonds is 13. The van der Waals surface area contributed by atoms with Gasteiger partial charge in [-0.25, -0.2) is 0 Å². The molecule has 1 aliphatic carbocycles. The number of hydrogen-bond donors (Lipinski definition) is 1. The van der Waals surface area contributed by atoms with Crippen molar-refractivity contribution in [3.63, 3.8) is 0 Å². The van der Waals surface area contributed by atoms with E-state index in [0.717, 1.165) is 23.1 Å². The van der Waals surface area contributed by atoms with Gasteiger partial charge in [0, 0.05) is 34.5 Å². The molecule has 1 atom stereocenters. The van der Waals surface area contributed by atoms with Crippen LogP contribution in [0.5, 0.6) is 11.5 Å². The van der Waals surface area contributed by atoms with Gasteiger partial charge >= 0.3 is 5.97 Å². The van der Waals surface area contributed by atoms with Crippen LogP contribution in [0.2, 0.25) is 0 Å². The average Bonchev–Trinajstić information content (AvgIpc) is 3.68. The number of carbonyl (C=O) groups is 3. The molecule has 0 saturated heterocycles. The molecule has 0 bridgehead atoms. The first-order valence-electron chi connectivity index (χ1n) is 18.4. The van der Waals surface area contributed by atoms with E-state index in [2.05, 4.69) is 52.7 Å². The van der Waals surface area contributed by atoms with Crippen molar-refractivity contribution in [1.82, 2.24) is 15.0 Å². The first-order valence-corrected chi connectivity index (χ1v) is 18.4. The van der Waals surface area contributed by atoms with E-state index in [1.807, 2.05) is 36.4 Å². The lowest BCUT2D eigenvalue weighted by Gasteiger charge is -2.25. The second-order valence-electron chi connectivity index (χ2n) is 14.7. The zero-order chi connectivity index (χ0) is 39.8. The van der Waals surface area contributed by atoms with Crippen LogP contribution in [0.4, 0.5) is 5.69 Å². The number of amides is 2. The first-order chi connectivity index (χ1) is 26.9. The van der Waals surface area contributed by atoms with Crippen molar-refractivity contribution in [3.05, 3.63) is 131 Å². The van der Waals surface area contributed by atoms with E-state index in [1.165, 1.54) is 10.5 Å². The van der Waals surface area contributed by atoms with Gasteiger partial charge < -0.3 is 29.0 Å². The van der Waals surface area contributed by atoms with Crippen LogP contribution < -0.4 is 14.8 Å². The largest absolute Gasteiger partial charge is 0.497 e. The monoisotopic (exact) mass is 754 g/mol. The van der Waals surface area contributed by atoms with Crippen LogP contribution in [0.1, 0.15) is 61.2 Å². The normalized spacial score (nSPS) is 13.8. The van der Waals surface area contributed by atoms with Crippen LogP contribution in [-0.2, 0) is 27.3 Å². The Balaban J connectivity index is 1.12. The molecule has 1 N–H and O–H groups in total. The molecule has 0 spiro atoms. The predicted molar refractivity (Wildman–Crippen MR) is 215 cm³/mol. The van der Waals surface area contributed by atoms with Gasteiger partial charge in [-0.1, -0.05) is 66.7 Å². The molecule has 2 amide bonds. The fourth-order valence-electron chi connectivity index (χ4n) is 6.19. The summed E-state index contributed by atoms with van der Waals surface area (Å²) in [6.07, 6.45) is 7.73. The minimum Gasteiger partial charge on any atom is -0.497 e. The van der Waals surface area contributed by atoms with Gasteiger partial charge in [-0.15, -0.1) is 0 Å². The molecule has 11 nitrogen and oxygen atoms in total. The number of esters is 1. The summed E-state index contributed by atoms with van der Waals surface area (Å²) in [6, 6.07) is 27.3. The molecule has 6 rings (SSSR count). The Morgan fingerprint density at radius 2 is 1.57 bits per heavy atom. The maximum atomic E-state index is 13.9. The number of allylic oxidation sites excluding steroid dienone is 4. The maximum Gasteiger partial charge on any atom is 0.326 e. The van der Waals surface area contributed by atoms with Crippen molar-refractivity contribution in [1.29, 1.82) is 0 Å². The molecule has 1 aliphatic rings. The topological polar surface area (TPSA) is 133 Å². The molecule has 1 heterocycles. The van der Waals surface area contributed by atoms with Crippen LogP contribution in [0, 0.1) is 5.92 Å². The van der Waals surface area contributed by atoms with Crippen LogP contribution in [0.15, 0.2) is 114 Å². The maximum absolute atomic E-state index is 13.9. The van der Waals surface area contributed by atoms with Crippen LogP contribution in [-0.4, -0.2) is 59.2 Å². The van der Waals surface area contributed by atoms with E-state index >= 15 is 0 Å². The van der Waals surface area contributed by atoms with Gasteiger partial charge in [-0.05, 0) is 104 Å². The van der Waals surface area contributed by atoms with E-state index in [1.54, 1.807) is 77.5 Å². The molecule has 0 saturated carbocycles. The number of benzene rings is 4. The third kappa shape index (κ3) is 10.2. The minimum atomic E-state index is -0.726. The quantitative estimate of drug-likeness (QED) is 0.117. The number of ether oxygens (including phenoxy) is 3. The second kappa shape index (κ2) is 17.3. The van der Waals surface area contributed by atoms with Gasteiger partial charge in [0.05, 0.1) is 20.6 Å². The summed E-state index contributed by atoms with van der Waals surface area (Å²) in [6.45, 7) is 7.39. The number of carbonyl (C=O) groups excluding carboxylic acids is 3. The number of nitrogens with one attached hydrogen (secondary N) is 1. The van der Waals surface area contributed by atoms with E-state index < -0.39 is 11.6 Å². The zero-order valence-electron chi connectivity index (χ0n) is 32.5. The van der Waals surface area contributed by atoms with Crippen molar-refractivity contribution in [2.75, 3.05) is 26.1 Å². The average molecular weight is 755 g/mol. The Hall–Kier alpha value is -6.49. The van der Waals surface area contributed by atoms with Gasteiger partial charge in [0.2, 0.25) is 11.7 Å². The van der Waals surface area contributed by atoms with Crippen LogP contribution in [0.25, 0.3) is 28.4 Å². The SMILES string of the molecule is COc1ccc(OC)c(CC(=O)Nc2ccc(C(=O)N(CC(=O)OC(C)(C)C)Cc3ccc(-c4nc(-c5ccc(C6=CCC(C)C=C6)cc5)no4)cc3)cc2)c1. The van der Waals surface area contributed by atoms with Crippen molar-refractivity contribution in [2.24, 2.45) is 5.92 Å². The summed E-state index contributed by atoms with van der Waals surface area (Å²) in [5.41, 5.74) is 5.47. The first kappa shape index (κ1) is 39.2. The zero-order valence-corrected chi connectivity index (χ0v) is 32.5. The number of aromatic nitrogens is 2. The summed E-state index contributed by atoms with van der Waals surface area (Å²) in [5.74, 6) is 1.40. The van der Waals surface area contributed by atoms with E-state index in [9.17, 15) is 14.4 Å². The molecule has 0 aliphatic heterocycles. The Bertz CT molecular complexity index is 2230. The highest BCUT2D eigenvalue weighted by Gasteiger charge is 2.24. The molecule has 4 aromatic carbocycles. The van der Waals surface area contributed by atoms with E-state index in [4.69, 9.17) is 18.7 Å². The predicted octanol–water partition coefficient (Wildman–Crippen LogP) is 8.57. The summed E-state index contributed by atoms with van der Waals surface area (Å²) in [7, 11) is 3.10. The van der Waals surface area contributed by atoms with Gasteiger partial charge in [0.1, 0.15) is 23.6 Å². The highest BCUT2D eigenvalue weighted by molar-refractivity contribution is 5.97. The Kier molecular flexibility index (Phi) is 12.1. The summed E-state index contributed by atoms with van der Waals surface area (Å²) >= 11 is 0. The molecule has 1 aromatic heterocycles. The summed E-state index contributed by atoms with van der Waals surface area (Å²) < 4.78 is 21.9. The Labute approximate surface area is 327 Å². The van der Waals surface area contributed by atoms with Crippen molar-refractivity contribution in [2.45, 2.75) is 52.7 Å². The van der Waals surface area contributed by atoms with Crippen molar-refractivity contribution >= 4 is 29.0 Å². The van der Waals surface area contributed by atoms with Crippen molar-refractivity contribution < 1.29 is 33.1 Å². The number of hydrogen-bond acceptors (Lipinski definition) is 9. The molecule has 5 aromatic rings. The Morgan fingerprint density at radius 1 is 0.875 bits per heavy atom. The van der Waals surface area contributed by atoms with Gasteiger partial charge in [-0.3, -0.25) is 14.4 Å². The fourth-order valence-corrected chi connectivity index (χ4v) is 6.19. The molecule has 0 radical (unpaired) electrons. The number of methoxy groups -OCH3 is 2. The Morgan fingerprint density at radius 3 is 2.21 bits per heavy atom. The number of nitrogens with zero attached hydrogens (tertiary/aromatic N) is 3. The molecular weight excluding hydrogens is 709 g/mol. The highest BCUT2D eigenvalue weighted by atomic mass is 16.6. The lowest BCUT2D eigenvalue weighted by Crippen LogP contribution is -2.38. The molecule has 56 heavy (non-hydrogen) atoms.